The van der Waals surface area contributed by atoms with Crippen LogP contribution in [0.3, 0.4) is 0 Å². The largest absolute Gasteiger partial charge is 0.378 e. The number of anilines is 1. The van der Waals surface area contributed by atoms with Crippen LogP contribution in [0.2, 0.25) is 10.3 Å². The maximum atomic E-state index is 5.87. The number of benzene rings is 1. The van der Waals surface area contributed by atoms with Gasteiger partial charge in [0.25, 0.3) is 0 Å². The molecule has 3 nitrogen and oxygen atoms in total. The van der Waals surface area contributed by atoms with Crippen LogP contribution >= 0.6 is 23.2 Å². The number of nitrogens with one attached hydrogen (secondary N) is 1. The van der Waals surface area contributed by atoms with Crippen LogP contribution in [0.5, 0.6) is 0 Å². The molecule has 2 aromatic rings. The summed E-state index contributed by atoms with van der Waals surface area (Å²) in [6.07, 6.45) is 0. The van der Waals surface area contributed by atoms with Crippen LogP contribution in [-0.2, 0) is 6.54 Å². The molecule has 82 valence electrons. The molecular formula is C11H9Cl2N3. The summed E-state index contributed by atoms with van der Waals surface area (Å²) in [7, 11) is 0. The van der Waals surface area contributed by atoms with E-state index in [1.807, 2.05) is 30.3 Å². The second-order valence-corrected chi connectivity index (χ2v) is 3.96. The van der Waals surface area contributed by atoms with Crippen molar-refractivity contribution in [3.05, 3.63) is 52.3 Å². The molecule has 0 saturated heterocycles. The Hall–Kier alpha value is -1.32. The van der Waals surface area contributed by atoms with Gasteiger partial charge in [-0.3, -0.25) is 0 Å². The highest BCUT2D eigenvalue weighted by Gasteiger charge is 2.03. The third kappa shape index (κ3) is 2.84. The molecule has 16 heavy (non-hydrogen) atoms. The lowest BCUT2D eigenvalue weighted by Crippen LogP contribution is -2.01. The molecule has 0 atom stereocenters. The van der Waals surface area contributed by atoms with E-state index >= 15 is 0 Å². The molecule has 0 unspecified atom stereocenters. The zero-order valence-electron chi connectivity index (χ0n) is 8.32. The molecule has 0 spiro atoms. The number of halogens is 2. The fraction of sp³-hybridized carbons (Fsp3) is 0.0909. The predicted octanol–water partition coefficient (Wildman–Crippen LogP) is 3.40. The van der Waals surface area contributed by atoms with E-state index in [1.54, 1.807) is 6.07 Å². The summed E-state index contributed by atoms with van der Waals surface area (Å²) in [4.78, 5) is 0. The predicted molar refractivity (Wildman–Crippen MR) is 65.8 cm³/mol. The molecule has 0 amide bonds. The minimum absolute atomic E-state index is 0.319. The van der Waals surface area contributed by atoms with Gasteiger partial charge in [0, 0.05) is 12.6 Å². The minimum Gasteiger partial charge on any atom is -0.378 e. The lowest BCUT2D eigenvalue weighted by Gasteiger charge is -2.07. The first-order valence-electron chi connectivity index (χ1n) is 4.72. The van der Waals surface area contributed by atoms with Crippen molar-refractivity contribution in [3.8, 4) is 0 Å². The van der Waals surface area contributed by atoms with Crippen molar-refractivity contribution in [1.82, 2.24) is 10.2 Å². The number of nitrogens with zero attached hydrogens (tertiary/aromatic N) is 2. The third-order valence-corrected chi connectivity index (χ3v) is 2.51. The molecule has 0 saturated carbocycles. The smallest absolute Gasteiger partial charge is 0.174 e. The van der Waals surface area contributed by atoms with Crippen molar-refractivity contribution in [2.75, 3.05) is 5.32 Å². The molecule has 2 rings (SSSR count). The SMILES string of the molecule is Clc1cc(NCc2ccccc2)c(Cl)nn1. The van der Waals surface area contributed by atoms with E-state index in [-0.39, 0.29) is 0 Å². The monoisotopic (exact) mass is 253 g/mol. The van der Waals surface area contributed by atoms with Crippen LogP contribution in [0.1, 0.15) is 5.56 Å². The Kier molecular flexibility index (Phi) is 3.59. The van der Waals surface area contributed by atoms with Crippen LogP contribution < -0.4 is 5.32 Å². The Bertz CT molecular complexity index is 474. The fourth-order valence-corrected chi connectivity index (χ4v) is 1.58. The molecule has 0 aliphatic heterocycles. The highest BCUT2D eigenvalue weighted by atomic mass is 35.5. The first-order valence-corrected chi connectivity index (χ1v) is 5.48. The summed E-state index contributed by atoms with van der Waals surface area (Å²) in [5.74, 6) is 0. The Balaban J connectivity index is 2.08. The van der Waals surface area contributed by atoms with Crippen molar-refractivity contribution < 1.29 is 0 Å². The Morgan fingerprint density at radius 2 is 1.81 bits per heavy atom. The summed E-state index contributed by atoms with van der Waals surface area (Å²) < 4.78 is 0. The molecule has 5 heteroatoms. The van der Waals surface area contributed by atoms with Gasteiger partial charge in [0.2, 0.25) is 0 Å². The highest BCUT2D eigenvalue weighted by Crippen LogP contribution is 2.21. The Morgan fingerprint density at radius 1 is 1.06 bits per heavy atom. The number of aromatic nitrogens is 2. The molecule has 0 fully saturated rings. The van der Waals surface area contributed by atoms with E-state index in [2.05, 4.69) is 15.5 Å². The molecule has 0 aliphatic rings. The van der Waals surface area contributed by atoms with Crippen molar-refractivity contribution in [3.63, 3.8) is 0 Å². The van der Waals surface area contributed by atoms with Crippen LogP contribution in [0.15, 0.2) is 36.4 Å². The van der Waals surface area contributed by atoms with Gasteiger partial charge >= 0.3 is 0 Å². The molecule has 0 aliphatic carbocycles. The van der Waals surface area contributed by atoms with Gasteiger partial charge < -0.3 is 5.32 Å². The number of hydrogen-bond acceptors (Lipinski definition) is 3. The first-order chi connectivity index (χ1) is 7.75. The van der Waals surface area contributed by atoms with E-state index in [0.717, 1.165) is 5.56 Å². The van der Waals surface area contributed by atoms with Gasteiger partial charge in [0.1, 0.15) is 0 Å². The standard InChI is InChI=1S/C11H9Cl2N3/c12-10-6-9(11(13)16-15-10)14-7-8-4-2-1-3-5-8/h1-6H,7H2,(H,14,15). The van der Waals surface area contributed by atoms with Crippen LogP contribution in [0.4, 0.5) is 5.69 Å². The van der Waals surface area contributed by atoms with E-state index in [9.17, 15) is 0 Å². The van der Waals surface area contributed by atoms with Gasteiger partial charge in [-0.15, -0.1) is 10.2 Å². The van der Waals surface area contributed by atoms with Gasteiger partial charge in [0.15, 0.2) is 10.3 Å². The summed E-state index contributed by atoms with van der Waals surface area (Å²) in [6.45, 7) is 0.669. The van der Waals surface area contributed by atoms with Crippen LogP contribution in [0, 0.1) is 0 Å². The van der Waals surface area contributed by atoms with E-state index in [0.29, 0.717) is 22.5 Å². The average molecular weight is 254 g/mol. The quantitative estimate of drug-likeness (QED) is 0.912. The number of rotatable bonds is 3. The van der Waals surface area contributed by atoms with Crippen molar-refractivity contribution >= 4 is 28.9 Å². The lowest BCUT2D eigenvalue weighted by molar-refractivity contribution is 1.02. The van der Waals surface area contributed by atoms with Crippen molar-refractivity contribution in [2.24, 2.45) is 0 Å². The molecule has 1 N–H and O–H groups in total. The maximum Gasteiger partial charge on any atom is 0.174 e. The van der Waals surface area contributed by atoms with Crippen molar-refractivity contribution in [1.29, 1.82) is 0 Å². The summed E-state index contributed by atoms with van der Waals surface area (Å²) in [5.41, 5.74) is 1.84. The third-order valence-electron chi connectivity index (χ3n) is 2.04. The van der Waals surface area contributed by atoms with Gasteiger partial charge in [-0.2, -0.15) is 0 Å². The second-order valence-electron chi connectivity index (χ2n) is 3.21. The zero-order chi connectivity index (χ0) is 11.4. The van der Waals surface area contributed by atoms with Gasteiger partial charge in [-0.25, -0.2) is 0 Å². The van der Waals surface area contributed by atoms with E-state index in [4.69, 9.17) is 23.2 Å². The molecule has 1 aromatic heterocycles. The fourth-order valence-electron chi connectivity index (χ4n) is 1.27. The summed E-state index contributed by atoms with van der Waals surface area (Å²) in [6, 6.07) is 11.6. The normalized spacial score (nSPS) is 10.1. The molecule has 1 aromatic carbocycles. The summed E-state index contributed by atoms with van der Waals surface area (Å²) >= 11 is 11.6. The van der Waals surface area contributed by atoms with Crippen LogP contribution in [0.25, 0.3) is 0 Å². The summed E-state index contributed by atoms with van der Waals surface area (Å²) in [5, 5.41) is 11.1. The van der Waals surface area contributed by atoms with Gasteiger partial charge in [-0.1, -0.05) is 53.5 Å². The van der Waals surface area contributed by atoms with E-state index in [1.165, 1.54) is 0 Å². The first kappa shape index (κ1) is 11.2. The zero-order valence-corrected chi connectivity index (χ0v) is 9.83. The Morgan fingerprint density at radius 3 is 2.56 bits per heavy atom. The molecule has 0 bridgehead atoms. The van der Waals surface area contributed by atoms with Crippen LogP contribution in [-0.4, -0.2) is 10.2 Å². The molecule has 0 radical (unpaired) electrons. The molecule has 1 heterocycles. The van der Waals surface area contributed by atoms with Crippen molar-refractivity contribution in [2.45, 2.75) is 6.54 Å². The topological polar surface area (TPSA) is 37.8 Å². The molecular weight excluding hydrogens is 245 g/mol. The second kappa shape index (κ2) is 5.14. The minimum atomic E-state index is 0.319. The Labute approximate surface area is 103 Å². The number of hydrogen-bond donors (Lipinski definition) is 1. The maximum absolute atomic E-state index is 5.87. The lowest BCUT2D eigenvalue weighted by atomic mass is 10.2. The van der Waals surface area contributed by atoms with Gasteiger partial charge in [-0.05, 0) is 5.56 Å². The average Bonchev–Trinajstić information content (AvgIpc) is 2.32. The highest BCUT2D eigenvalue weighted by molar-refractivity contribution is 6.33. The van der Waals surface area contributed by atoms with Gasteiger partial charge in [0.05, 0.1) is 5.69 Å². The van der Waals surface area contributed by atoms with E-state index < -0.39 is 0 Å².